The molecule has 0 saturated carbocycles. The average Bonchev–Trinajstić information content (AvgIpc) is 2.17. The van der Waals surface area contributed by atoms with Crippen molar-refractivity contribution in [2.45, 2.75) is 33.6 Å². The summed E-state index contributed by atoms with van der Waals surface area (Å²) < 4.78 is 0. The third-order valence-electron chi connectivity index (χ3n) is 2.89. The van der Waals surface area contributed by atoms with Crippen molar-refractivity contribution in [3.63, 3.8) is 0 Å². The van der Waals surface area contributed by atoms with Gasteiger partial charge in [-0.2, -0.15) is 0 Å². The summed E-state index contributed by atoms with van der Waals surface area (Å²) in [4.78, 5) is 0. The molecule has 0 bridgehead atoms. The normalized spacial score (nSPS) is 13.0. The van der Waals surface area contributed by atoms with Gasteiger partial charge in [-0.15, -0.1) is 0 Å². The quantitative estimate of drug-likeness (QED) is 0.608. The van der Waals surface area contributed by atoms with Gasteiger partial charge < -0.3 is 0 Å². The molecule has 0 amide bonds. The van der Waals surface area contributed by atoms with Crippen molar-refractivity contribution in [2.24, 2.45) is 5.92 Å². The Labute approximate surface area is 82.0 Å². The second-order valence-corrected chi connectivity index (χ2v) is 4.03. The van der Waals surface area contributed by atoms with Gasteiger partial charge in [0.15, 0.2) is 0 Å². The van der Waals surface area contributed by atoms with E-state index in [4.69, 9.17) is 0 Å². The maximum absolute atomic E-state index is 2.28. The SMILES string of the molecule is C[C+](C(C)C)C(C)c1ccccc1. The number of hydrogen-bond donors (Lipinski definition) is 0. The first kappa shape index (κ1) is 10.2. The van der Waals surface area contributed by atoms with E-state index < -0.39 is 0 Å². The van der Waals surface area contributed by atoms with Crippen LogP contribution in [0.3, 0.4) is 0 Å². The van der Waals surface area contributed by atoms with Gasteiger partial charge in [0.2, 0.25) is 0 Å². The van der Waals surface area contributed by atoms with Gasteiger partial charge in [-0.05, 0) is 26.3 Å². The molecule has 1 aromatic carbocycles. The van der Waals surface area contributed by atoms with Gasteiger partial charge in [-0.25, -0.2) is 0 Å². The monoisotopic (exact) mass is 175 g/mol. The maximum atomic E-state index is 2.28. The van der Waals surface area contributed by atoms with Crippen molar-refractivity contribution in [1.29, 1.82) is 0 Å². The molecule has 1 aromatic rings. The molecule has 0 aromatic heterocycles. The Bertz CT molecular complexity index is 235. The zero-order valence-corrected chi connectivity index (χ0v) is 9.04. The van der Waals surface area contributed by atoms with Crippen LogP contribution < -0.4 is 0 Å². The summed E-state index contributed by atoms with van der Waals surface area (Å²) in [7, 11) is 0. The van der Waals surface area contributed by atoms with Crippen LogP contribution in [0.4, 0.5) is 0 Å². The molecule has 1 atom stereocenters. The van der Waals surface area contributed by atoms with Gasteiger partial charge in [0, 0.05) is 0 Å². The van der Waals surface area contributed by atoms with Crippen LogP contribution in [0, 0.1) is 11.8 Å². The molecule has 1 unspecified atom stereocenters. The summed E-state index contributed by atoms with van der Waals surface area (Å²) in [6.45, 7) is 9.05. The van der Waals surface area contributed by atoms with Gasteiger partial charge >= 0.3 is 0 Å². The zero-order valence-electron chi connectivity index (χ0n) is 9.04. The van der Waals surface area contributed by atoms with Gasteiger partial charge in [0.05, 0.1) is 18.8 Å². The highest BCUT2D eigenvalue weighted by atomic mass is 14.2. The standard InChI is InChI=1S/C13H19/c1-10(2)11(3)12(4)13-8-6-5-7-9-13/h5-10,12H,1-4H3/q+1. The molecule has 0 heteroatoms. The Balaban J connectivity index is 2.73. The van der Waals surface area contributed by atoms with E-state index in [1.165, 1.54) is 5.56 Å². The molecule has 0 aliphatic heterocycles. The number of hydrogen-bond acceptors (Lipinski definition) is 0. The van der Waals surface area contributed by atoms with Crippen LogP contribution in [0.15, 0.2) is 30.3 Å². The lowest BCUT2D eigenvalue weighted by molar-refractivity contribution is 0.576. The molecule has 0 saturated heterocycles. The molecule has 0 spiro atoms. The lowest BCUT2D eigenvalue weighted by Gasteiger charge is -2.13. The molecule has 0 aliphatic rings. The third kappa shape index (κ3) is 2.51. The Morgan fingerprint density at radius 1 is 1.00 bits per heavy atom. The van der Waals surface area contributed by atoms with Crippen LogP contribution in [0.1, 0.15) is 39.2 Å². The molecule has 0 N–H and O–H groups in total. The fourth-order valence-corrected chi connectivity index (χ4v) is 1.50. The van der Waals surface area contributed by atoms with Crippen LogP contribution >= 0.6 is 0 Å². The zero-order chi connectivity index (χ0) is 9.84. The van der Waals surface area contributed by atoms with E-state index in [-0.39, 0.29) is 0 Å². The van der Waals surface area contributed by atoms with Crippen molar-refractivity contribution in [3.05, 3.63) is 41.8 Å². The number of benzene rings is 1. The summed E-state index contributed by atoms with van der Waals surface area (Å²) in [6.07, 6.45) is 0. The van der Waals surface area contributed by atoms with Gasteiger partial charge in [-0.3, -0.25) is 0 Å². The van der Waals surface area contributed by atoms with E-state index in [2.05, 4.69) is 58.0 Å². The predicted octanol–water partition coefficient (Wildman–Crippen LogP) is 4.04. The fourth-order valence-electron chi connectivity index (χ4n) is 1.50. The van der Waals surface area contributed by atoms with E-state index in [0.717, 1.165) is 0 Å². The second-order valence-electron chi connectivity index (χ2n) is 4.03. The maximum Gasteiger partial charge on any atom is 0.122 e. The van der Waals surface area contributed by atoms with E-state index in [9.17, 15) is 0 Å². The van der Waals surface area contributed by atoms with Crippen LogP contribution in [0.2, 0.25) is 0 Å². The summed E-state index contributed by atoms with van der Waals surface area (Å²) >= 11 is 0. The minimum atomic E-state index is 0.584. The summed E-state index contributed by atoms with van der Waals surface area (Å²) in [5, 5.41) is 0. The molecular formula is C13H19+. The van der Waals surface area contributed by atoms with Crippen LogP contribution in [-0.2, 0) is 0 Å². The molecule has 0 aliphatic carbocycles. The minimum absolute atomic E-state index is 0.584. The van der Waals surface area contributed by atoms with Crippen molar-refractivity contribution in [1.82, 2.24) is 0 Å². The highest BCUT2D eigenvalue weighted by molar-refractivity contribution is 5.24. The summed E-state index contributed by atoms with van der Waals surface area (Å²) in [5.41, 5.74) is 1.42. The van der Waals surface area contributed by atoms with E-state index in [1.807, 2.05) is 0 Å². The molecule has 0 fully saturated rings. The molecule has 0 heterocycles. The van der Waals surface area contributed by atoms with Gasteiger partial charge in [-0.1, -0.05) is 30.3 Å². The van der Waals surface area contributed by atoms with Crippen LogP contribution in [0.5, 0.6) is 0 Å². The minimum Gasteiger partial charge on any atom is -0.0622 e. The first-order valence-electron chi connectivity index (χ1n) is 5.01. The fraction of sp³-hybridized carbons (Fsp3) is 0.462. The van der Waals surface area contributed by atoms with Crippen molar-refractivity contribution >= 4 is 0 Å². The van der Waals surface area contributed by atoms with E-state index >= 15 is 0 Å². The second kappa shape index (κ2) is 4.36. The van der Waals surface area contributed by atoms with Crippen LogP contribution in [0.25, 0.3) is 0 Å². The molecule has 70 valence electrons. The Kier molecular flexibility index (Phi) is 3.41. The lowest BCUT2D eigenvalue weighted by Crippen LogP contribution is -2.10. The lowest BCUT2D eigenvalue weighted by atomic mass is 9.82. The highest BCUT2D eigenvalue weighted by Gasteiger charge is 2.27. The summed E-state index contributed by atoms with van der Waals surface area (Å²) in [5.74, 6) is 2.82. The first-order valence-corrected chi connectivity index (χ1v) is 5.01. The predicted molar refractivity (Wildman–Crippen MR) is 58.6 cm³/mol. The van der Waals surface area contributed by atoms with Gasteiger partial charge in [0.1, 0.15) is 5.92 Å². The van der Waals surface area contributed by atoms with Gasteiger partial charge in [0.25, 0.3) is 0 Å². The van der Waals surface area contributed by atoms with Crippen molar-refractivity contribution in [2.75, 3.05) is 0 Å². The van der Waals surface area contributed by atoms with Crippen molar-refractivity contribution < 1.29 is 0 Å². The average molecular weight is 175 g/mol. The number of rotatable bonds is 3. The highest BCUT2D eigenvalue weighted by Crippen LogP contribution is 2.30. The largest absolute Gasteiger partial charge is 0.122 e. The summed E-state index contributed by atoms with van der Waals surface area (Å²) in [6, 6.07) is 10.7. The van der Waals surface area contributed by atoms with E-state index in [1.54, 1.807) is 5.92 Å². The molecular weight excluding hydrogens is 156 g/mol. The molecule has 13 heavy (non-hydrogen) atoms. The van der Waals surface area contributed by atoms with E-state index in [0.29, 0.717) is 11.8 Å². The molecule has 1 rings (SSSR count). The Hall–Kier alpha value is -0.910. The third-order valence-corrected chi connectivity index (χ3v) is 2.89. The van der Waals surface area contributed by atoms with Crippen LogP contribution in [-0.4, -0.2) is 0 Å². The first-order chi connectivity index (χ1) is 6.13. The molecule has 0 nitrogen and oxygen atoms in total. The molecule has 0 radical (unpaired) electrons. The van der Waals surface area contributed by atoms with Crippen molar-refractivity contribution in [3.8, 4) is 0 Å². The smallest absolute Gasteiger partial charge is 0.0622 e. The Morgan fingerprint density at radius 2 is 1.54 bits per heavy atom. The topological polar surface area (TPSA) is 0 Å². The Morgan fingerprint density at radius 3 is 2.00 bits per heavy atom.